The van der Waals surface area contributed by atoms with Gasteiger partial charge >= 0.3 is 0 Å². The van der Waals surface area contributed by atoms with Gasteiger partial charge in [0.1, 0.15) is 0 Å². The molecule has 0 atom stereocenters. The van der Waals surface area contributed by atoms with Crippen LogP contribution in [0.25, 0.3) is 0 Å². The third-order valence-electron chi connectivity index (χ3n) is 3.28. The number of hydrogen-bond donors (Lipinski definition) is 1. The van der Waals surface area contributed by atoms with Crippen molar-refractivity contribution in [2.24, 2.45) is 5.92 Å². The minimum atomic E-state index is 0.901. The van der Waals surface area contributed by atoms with E-state index in [0.29, 0.717) is 0 Å². The van der Waals surface area contributed by atoms with E-state index < -0.39 is 0 Å². The molecule has 16 heavy (non-hydrogen) atoms. The normalized spacial score (nSPS) is 16.4. The number of pyridine rings is 1. The van der Waals surface area contributed by atoms with Crippen molar-refractivity contribution < 1.29 is 0 Å². The molecular formula is C13H21N3. The summed E-state index contributed by atoms with van der Waals surface area (Å²) in [6, 6.07) is 6.14. The van der Waals surface area contributed by atoms with Crippen LogP contribution in [-0.4, -0.2) is 36.1 Å². The topological polar surface area (TPSA) is 28.2 Å². The van der Waals surface area contributed by atoms with Gasteiger partial charge < -0.3 is 5.32 Å². The van der Waals surface area contributed by atoms with Crippen LogP contribution in [0.2, 0.25) is 0 Å². The highest BCUT2D eigenvalue weighted by molar-refractivity contribution is 5.03. The predicted molar refractivity (Wildman–Crippen MR) is 66.2 cm³/mol. The lowest BCUT2D eigenvalue weighted by molar-refractivity contribution is 0.226. The number of nitrogens with one attached hydrogen (secondary N) is 1. The Kier molecular flexibility index (Phi) is 4.31. The molecule has 1 aliphatic heterocycles. The molecule has 0 amide bonds. The molecule has 1 fully saturated rings. The summed E-state index contributed by atoms with van der Waals surface area (Å²) in [6.45, 7) is 7.93. The van der Waals surface area contributed by atoms with Crippen LogP contribution in [0.1, 0.15) is 19.0 Å². The maximum Gasteiger partial charge on any atom is 0.0543 e. The second-order valence-corrected chi connectivity index (χ2v) is 4.50. The molecule has 2 rings (SSSR count). The number of nitrogens with zero attached hydrogens (tertiary/aromatic N) is 2. The van der Waals surface area contributed by atoms with Gasteiger partial charge in [-0.05, 0) is 50.7 Å². The van der Waals surface area contributed by atoms with Crippen LogP contribution in [0.15, 0.2) is 24.4 Å². The Morgan fingerprint density at radius 2 is 2.31 bits per heavy atom. The van der Waals surface area contributed by atoms with Gasteiger partial charge in [-0.15, -0.1) is 0 Å². The van der Waals surface area contributed by atoms with Gasteiger partial charge in [0.25, 0.3) is 0 Å². The van der Waals surface area contributed by atoms with Gasteiger partial charge in [0.15, 0.2) is 0 Å². The standard InChI is InChI=1S/C13H21N3/c1-2-16(8-6-12-9-14-10-12)11-13-5-3-4-7-15-13/h3-5,7,12,14H,2,6,8-11H2,1H3. The lowest BCUT2D eigenvalue weighted by Crippen LogP contribution is -2.43. The van der Waals surface area contributed by atoms with Crippen LogP contribution in [-0.2, 0) is 6.54 Å². The van der Waals surface area contributed by atoms with Crippen LogP contribution >= 0.6 is 0 Å². The maximum atomic E-state index is 4.37. The fraction of sp³-hybridized carbons (Fsp3) is 0.615. The molecule has 3 nitrogen and oxygen atoms in total. The number of aromatic nitrogens is 1. The average molecular weight is 219 g/mol. The van der Waals surface area contributed by atoms with Crippen molar-refractivity contribution in [2.75, 3.05) is 26.2 Å². The highest BCUT2D eigenvalue weighted by atomic mass is 15.1. The van der Waals surface area contributed by atoms with Gasteiger partial charge in [-0.25, -0.2) is 0 Å². The molecule has 0 bridgehead atoms. The largest absolute Gasteiger partial charge is 0.316 e. The molecule has 0 spiro atoms. The van der Waals surface area contributed by atoms with Crippen LogP contribution in [0, 0.1) is 5.92 Å². The van der Waals surface area contributed by atoms with E-state index in [1.807, 2.05) is 12.3 Å². The molecule has 88 valence electrons. The summed E-state index contributed by atoms with van der Waals surface area (Å²) in [7, 11) is 0. The Labute approximate surface area is 97.9 Å². The lowest BCUT2D eigenvalue weighted by atomic mass is 9.99. The zero-order valence-electron chi connectivity index (χ0n) is 10.0. The third-order valence-corrected chi connectivity index (χ3v) is 3.28. The van der Waals surface area contributed by atoms with Crippen molar-refractivity contribution in [3.05, 3.63) is 30.1 Å². The zero-order chi connectivity index (χ0) is 11.2. The third kappa shape index (κ3) is 3.29. The first-order chi connectivity index (χ1) is 7.88. The van der Waals surface area contributed by atoms with E-state index in [0.717, 1.165) is 19.0 Å². The fourth-order valence-corrected chi connectivity index (χ4v) is 1.99. The van der Waals surface area contributed by atoms with Gasteiger partial charge in [-0.2, -0.15) is 0 Å². The van der Waals surface area contributed by atoms with Gasteiger partial charge in [-0.1, -0.05) is 13.0 Å². The Balaban J connectivity index is 1.76. The molecule has 1 N–H and O–H groups in total. The first-order valence-corrected chi connectivity index (χ1v) is 6.21. The van der Waals surface area contributed by atoms with Crippen LogP contribution in [0.4, 0.5) is 0 Å². The molecule has 1 aromatic heterocycles. The van der Waals surface area contributed by atoms with Crippen LogP contribution < -0.4 is 5.32 Å². The smallest absolute Gasteiger partial charge is 0.0543 e. The maximum absolute atomic E-state index is 4.37. The molecule has 0 saturated carbocycles. The minimum Gasteiger partial charge on any atom is -0.316 e. The van der Waals surface area contributed by atoms with E-state index in [1.165, 1.54) is 31.7 Å². The average Bonchev–Trinajstić information content (AvgIpc) is 2.27. The van der Waals surface area contributed by atoms with Crippen molar-refractivity contribution in [2.45, 2.75) is 19.9 Å². The SMILES string of the molecule is CCN(CCC1CNC1)Cc1ccccn1. The quantitative estimate of drug-likeness (QED) is 0.786. The molecule has 0 aromatic carbocycles. The molecule has 1 saturated heterocycles. The van der Waals surface area contributed by atoms with Gasteiger partial charge in [0.2, 0.25) is 0 Å². The second kappa shape index (κ2) is 5.97. The molecule has 0 unspecified atom stereocenters. The van der Waals surface area contributed by atoms with Crippen molar-refractivity contribution >= 4 is 0 Å². The summed E-state index contributed by atoms with van der Waals surface area (Å²) in [5, 5.41) is 3.32. The first kappa shape index (κ1) is 11.6. The molecule has 1 aliphatic rings. The van der Waals surface area contributed by atoms with Crippen molar-refractivity contribution in [3.63, 3.8) is 0 Å². The van der Waals surface area contributed by atoms with E-state index in [-0.39, 0.29) is 0 Å². The summed E-state index contributed by atoms with van der Waals surface area (Å²) in [5.74, 6) is 0.901. The monoisotopic (exact) mass is 219 g/mol. The van der Waals surface area contributed by atoms with Gasteiger partial charge in [0.05, 0.1) is 5.69 Å². The van der Waals surface area contributed by atoms with Gasteiger partial charge in [0, 0.05) is 12.7 Å². The highest BCUT2D eigenvalue weighted by Crippen LogP contribution is 2.10. The molecular weight excluding hydrogens is 198 g/mol. The summed E-state index contributed by atoms with van der Waals surface area (Å²) >= 11 is 0. The Morgan fingerprint density at radius 3 is 2.88 bits per heavy atom. The van der Waals surface area contributed by atoms with E-state index >= 15 is 0 Å². The summed E-state index contributed by atoms with van der Waals surface area (Å²) in [5.41, 5.74) is 1.18. The van der Waals surface area contributed by atoms with Crippen molar-refractivity contribution in [1.82, 2.24) is 15.2 Å². The predicted octanol–water partition coefficient (Wildman–Crippen LogP) is 1.51. The van der Waals surface area contributed by atoms with E-state index in [2.05, 4.69) is 34.3 Å². The van der Waals surface area contributed by atoms with Gasteiger partial charge in [-0.3, -0.25) is 9.88 Å². The number of hydrogen-bond acceptors (Lipinski definition) is 3. The zero-order valence-corrected chi connectivity index (χ0v) is 10.0. The molecule has 0 radical (unpaired) electrons. The van der Waals surface area contributed by atoms with Crippen molar-refractivity contribution in [3.8, 4) is 0 Å². The summed E-state index contributed by atoms with van der Waals surface area (Å²) < 4.78 is 0. The summed E-state index contributed by atoms with van der Waals surface area (Å²) in [4.78, 5) is 6.85. The van der Waals surface area contributed by atoms with E-state index in [4.69, 9.17) is 0 Å². The molecule has 0 aliphatic carbocycles. The van der Waals surface area contributed by atoms with Crippen LogP contribution in [0.3, 0.4) is 0 Å². The minimum absolute atomic E-state index is 0.901. The molecule has 2 heterocycles. The van der Waals surface area contributed by atoms with E-state index in [9.17, 15) is 0 Å². The highest BCUT2D eigenvalue weighted by Gasteiger charge is 2.17. The van der Waals surface area contributed by atoms with Crippen LogP contribution in [0.5, 0.6) is 0 Å². The number of rotatable bonds is 6. The molecule has 3 heteroatoms. The first-order valence-electron chi connectivity index (χ1n) is 6.21. The second-order valence-electron chi connectivity index (χ2n) is 4.50. The van der Waals surface area contributed by atoms with Crippen molar-refractivity contribution in [1.29, 1.82) is 0 Å². The molecule has 1 aromatic rings. The fourth-order valence-electron chi connectivity index (χ4n) is 1.99. The summed E-state index contributed by atoms with van der Waals surface area (Å²) in [6.07, 6.45) is 3.19. The lowest BCUT2D eigenvalue weighted by Gasteiger charge is -2.29. The Bertz CT molecular complexity index is 295. The Hall–Kier alpha value is -0.930. The Morgan fingerprint density at radius 1 is 1.44 bits per heavy atom. The van der Waals surface area contributed by atoms with E-state index in [1.54, 1.807) is 0 Å².